The number of anilines is 1. The summed E-state index contributed by atoms with van der Waals surface area (Å²) < 4.78 is 27.5. The van der Waals surface area contributed by atoms with Crippen molar-refractivity contribution in [3.05, 3.63) is 54.1 Å². The molecule has 9 nitrogen and oxygen atoms in total. The van der Waals surface area contributed by atoms with Gasteiger partial charge in [-0.2, -0.15) is 0 Å². The van der Waals surface area contributed by atoms with Gasteiger partial charge in [0.1, 0.15) is 0 Å². The van der Waals surface area contributed by atoms with Gasteiger partial charge in [-0.15, -0.1) is 11.8 Å². The molecule has 2 aromatic carbocycles. The van der Waals surface area contributed by atoms with Crippen LogP contribution in [-0.2, 0) is 24.3 Å². The average Bonchev–Trinajstić information content (AvgIpc) is 2.70. The third-order valence-corrected chi connectivity index (χ3v) is 5.75. The van der Waals surface area contributed by atoms with E-state index in [2.05, 4.69) is 5.32 Å². The number of sulfonamides is 1. The first-order valence-electron chi connectivity index (χ1n) is 8.59. The summed E-state index contributed by atoms with van der Waals surface area (Å²) in [6.07, 6.45) is 0. The predicted octanol–water partition coefficient (Wildman–Crippen LogP) is 1.31. The van der Waals surface area contributed by atoms with E-state index in [4.69, 9.17) is 9.88 Å². The lowest BCUT2D eigenvalue weighted by atomic mass is 10.2. The number of benzene rings is 2. The van der Waals surface area contributed by atoms with Crippen LogP contribution in [0.15, 0.2) is 58.3 Å². The molecule has 0 radical (unpaired) electrons. The number of hydrogen-bond acceptors (Lipinski definition) is 7. The molecule has 0 aliphatic carbocycles. The highest BCUT2D eigenvalue weighted by Gasteiger charge is 2.16. The fraction of sp³-hybridized carbons (Fsp3) is 0.211. The van der Waals surface area contributed by atoms with Crippen LogP contribution in [0.5, 0.6) is 0 Å². The van der Waals surface area contributed by atoms with Crippen LogP contribution in [-0.4, -0.2) is 57.6 Å². The SMILES string of the molecule is CN(C)C(=O)CSc1ccccc1C(=O)OCC(=O)Nc1ccc(S(N)(=O)=O)cc1. The molecule has 0 heterocycles. The summed E-state index contributed by atoms with van der Waals surface area (Å²) in [6, 6.07) is 11.9. The molecular weight excluding hydrogens is 430 g/mol. The highest BCUT2D eigenvalue weighted by molar-refractivity contribution is 8.00. The Bertz CT molecular complexity index is 1040. The second kappa shape index (κ2) is 10.2. The molecule has 0 aromatic heterocycles. The number of nitrogens with one attached hydrogen (secondary N) is 1. The monoisotopic (exact) mass is 451 g/mol. The Balaban J connectivity index is 1.94. The summed E-state index contributed by atoms with van der Waals surface area (Å²) in [6.45, 7) is -0.536. The molecule has 160 valence electrons. The van der Waals surface area contributed by atoms with E-state index in [-0.39, 0.29) is 22.1 Å². The first kappa shape index (κ1) is 23.4. The van der Waals surface area contributed by atoms with E-state index in [9.17, 15) is 22.8 Å². The molecule has 0 atom stereocenters. The van der Waals surface area contributed by atoms with Gasteiger partial charge >= 0.3 is 5.97 Å². The maximum Gasteiger partial charge on any atom is 0.339 e. The maximum absolute atomic E-state index is 12.4. The van der Waals surface area contributed by atoms with Gasteiger partial charge in [-0.25, -0.2) is 18.4 Å². The van der Waals surface area contributed by atoms with E-state index in [1.807, 2.05) is 0 Å². The molecule has 30 heavy (non-hydrogen) atoms. The van der Waals surface area contributed by atoms with E-state index in [1.165, 1.54) is 40.9 Å². The van der Waals surface area contributed by atoms with E-state index in [0.717, 1.165) is 0 Å². The first-order chi connectivity index (χ1) is 14.1. The summed E-state index contributed by atoms with van der Waals surface area (Å²) in [5, 5.41) is 7.50. The van der Waals surface area contributed by atoms with E-state index < -0.39 is 28.5 Å². The number of ether oxygens (including phenoxy) is 1. The normalized spacial score (nSPS) is 10.9. The molecule has 0 fully saturated rings. The van der Waals surface area contributed by atoms with Crippen molar-refractivity contribution in [1.29, 1.82) is 0 Å². The largest absolute Gasteiger partial charge is 0.452 e. The number of amides is 2. The maximum atomic E-state index is 12.4. The third kappa shape index (κ3) is 6.87. The Kier molecular flexibility index (Phi) is 7.98. The minimum absolute atomic E-state index is 0.0891. The van der Waals surface area contributed by atoms with Gasteiger partial charge in [0.15, 0.2) is 6.61 Å². The van der Waals surface area contributed by atoms with Crippen LogP contribution in [0.2, 0.25) is 0 Å². The smallest absolute Gasteiger partial charge is 0.339 e. The zero-order valence-electron chi connectivity index (χ0n) is 16.3. The molecule has 0 bridgehead atoms. The second-order valence-corrected chi connectivity index (χ2v) is 8.85. The number of carbonyl (C=O) groups is 3. The molecule has 0 aliphatic rings. The molecule has 0 saturated carbocycles. The quantitative estimate of drug-likeness (QED) is 0.456. The lowest BCUT2D eigenvalue weighted by molar-refractivity contribution is -0.125. The molecule has 2 aromatic rings. The van der Waals surface area contributed by atoms with Crippen molar-refractivity contribution in [3.63, 3.8) is 0 Å². The van der Waals surface area contributed by atoms with Crippen molar-refractivity contribution in [2.24, 2.45) is 5.14 Å². The first-order valence-corrected chi connectivity index (χ1v) is 11.1. The van der Waals surface area contributed by atoms with Crippen molar-refractivity contribution in [3.8, 4) is 0 Å². The Morgan fingerprint density at radius 3 is 2.30 bits per heavy atom. The fourth-order valence-corrected chi connectivity index (χ4v) is 3.70. The van der Waals surface area contributed by atoms with Crippen LogP contribution in [0.4, 0.5) is 5.69 Å². The molecule has 11 heteroatoms. The lowest BCUT2D eigenvalue weighted by Gasteiger charge is -2.12. The number of carbonyl (C=O) groups excluding carboxylic acids is 3. The minimum Gasteiger partial charge on any atom is -0.452 e. The van der Waals surface area contributed by atoms with E-state index in [1.54, 1.807) is 38.4 Å². The molecule has 2 amide bonds. The van der Waals surface area contributed by atoms with Gasteiger partial charge in [0.25, 0.3) is 5.91 Å². The number of hydrogen-bond donors (Lipinski definition) is 2. The Morgan fingerprint density at radius 2 is 1.70 bits per heavy atom. The summed E-state index contributed by atoms with van der Waals surface area (Å²) >= 11 is 1.20. The summed E-state index contributed by atoms with van der Waals surface area (Å²) in [5.41, 5.74) is 0.570. The molecule has 0 unspecified atom stereocenters. The Labute approximate surface area is 178 Å². The van der Waals surface area contributed by atoms with Crippen LogP contribution >= 0.6 is 11.8 Å². The van der Waals surface area contributed by atoms with E-state index in [0.29, 0.717) is 10.6 Å². The molecule has 3 N–H and O–H groups in total. The third-order valence-electron chi connectivity index (χ3n) is 3.76. The van der Waals surface area contributed by atoms with Crippen LogP contribution in [0.1, 0.15) is 10.4 Å². The highest BCUT2D eigenvalue weighted by atomic mass is 32.2. The van der Waals surface area contributed by atoms with Crippen LogP contribution in [0.25, 0.3) is 0 Å². The molecular formula is C19H21N3O6S2. The van der Waals surface area contributed by atoms with Gasteiger partial charge in [-0.05, 0) is 36.4 Å². The van der Waals surface area contributed by atoms with Crippen molar-refractivity contribution >= 4 is 45.3 Å². The van der Waals surface area contributed by atoms with Crippen molar-refractivity contribution in [2.45, 2.75) is 9.79 Å². The van der Waals surface area contributed by atoms with Gasteiger partial charge in [0.05, 0.1) is 16.2 Å². The van der Waals surface area contributed by atoms with Crippen molar-refractivity contribution in [1.82, 2.24) is 4.90 Å². The number of thioether (sulfide) groups is 1. The number of primary sulfonamides is 1. The van der Waals surface area contributed by atoms with Crippen LogP contribution < -0.4 is 10.5 Å². The molecule has 0 spiro atoms. The van der Waals surface area contributed by atoms with Gasteiger partial charge in [-0.1, -0.05) is 12.1 Å². The van der Waals surface area contributed by atoms with Gasteiger partial charge in [0, 0.05) is 24.7 Å². The standard InChI is InChI=1S/C19H21N3O6S2/c1-22(2)18(24)12-29-16-6-4-3-5-15(16)19(25)28-11-17(23)21-13-7-9-14(10-8-13)30(20,26)27/h3-10H,11-12H2,1-2H3,(H,21,23)(H2,20,26,27). The lowest BCUT2D eigenvalue weighted by Crippen LogP contribution is -2.23. The zero-order chi connectivity index (χ0) is 22.3. The molecule has 2 rings (SSSR count). The molecule has 0 saturated heterocycles. The number of rotatable bonds is 8. The second-order valence-electron chi connectivity index (χ2n) is 6.27. The predicted molar refractivity (Wildman–Crippen MR) is 113 cm³/mol. The Morgan fingerprint density at radius 1 is 1.07 bits per heavy atom. The number of esters is 1. The summed E-state index contributed by atoms with van der Waals surface area (Å²) in [4.78, 5) is 38.1. The fourth-order valence-electron chi connectivity index (χ4n) is 2.16. The van der Waals surface area contributed by atoms with Crippen molar-refractivity contribution < 1.29 is 27.5 Å². The average molecular weight is 452 g/mol. The summed E-state index contributed by atoms with van der Waals surface area (Å²) in [5.74, 6) is -1.24. The van der Waals surface area contributed by atoms with Crippen LogP contribution in [0.3, 0.4) is 0 Å². The van der Waals surface area contributed by atoms with E-state index >= 15 is 0 Å². The number of nitrogens with two attached hydrogens (primary N) is 1. The van der Waals surface area contributed by atoms with Gasteiger partial charge < -0.3 is 15.0 Å². The zero-order valence-corrected chi connectivity index (χ0v) is 18.0. The minimum atomic E-state index is -3.83. The topological polar surface area (TPSA) is 136 Å². The van der Waals surface area contributed by atoms with Crippen LogP contribution in [0, 0.1) is 0 Å². The highest BCUT2D eigenvalue weighted by Crippen LogP contribution is 2.23. The summed E-state index contributed by atoms with van der Waals surface area (Å²) in [7, 11) is -0.541. The van der Waals surface area contributed by atoms with Crippen molar-refractivity contribution in [2.75, 3.05) is 31.8 Å². The van der Waals surface area contributed by atoms with Gasteiger partial charge in [-0.3, -0.25) is 9.59 Å². The molecule has 0 aliphatic heterocycles. The Hall–Kier alpha value is -2.89. The van der Waals surface area contributed by atoms with Gasteiger partial charge in [0.2, 0.25) is 15.9 Å². The number of nitrogens with zero attached hydrogens (tertiary/aromatic N) is 1.